The standard InChI is InChI=1S/C14H21BrN2O2S/c1-14(7-3-2-4-8-14)10-17-20(18,19)11-5-6-12(15)13(16)9-11/h5-6,9,17H,2-4,7-8,10,16H2,1H3. The molecule has 0 heterocycles. The van der Waals surface area contributed by atoms with Gasteiger partial charge >= 0.3 is 0 Å². The summed E-state index contributed by atoms with van der Waals surface area (Å²) in [5.41, 5.74) is 6.25. The van der Waals surface area contributed by atoms with Crippen LogP contribution in [0.25, 0.3) is 0 Å². The van der Waals surface area contributed by atoms with E-state index in [2.05, 4.69) is 27.6 Å². The molecular formula is C14H21BrN2O2S. The minimum Gasteiger partial charge on any atom is -0.398 e. The van der Waals surface area contributed by atoms with Crippen molar-refractivity contribution < 1.29 is 8.42 Å². The van der Waals surface area contributed by atoms with Crippen LogP contribution in [0, 0.1) is 5.41 Å². The maximum atomic E-state index is 12.3. The van der Waals surface area contributed by atoms with E-state index in [1.54, 1.807) is 12.1 Å². The van der Waals surface area contributed by atoms with E-state index < -0.39 is 10.0 Å². The smallest absolute Gasteiger partial charge is 0.240 e. The molecule has 1 saturated carbocycles. The lowest BCUT2D eigenvalue weighted by atomic mass is 9.76. The molecule has 0 atom stereocenters. The summed E-state index contributed by atoms with van der Waals surface area (Å²) in [5.74, 6) is 0. The fourth-order valence-corrected chi connectivity index (χ4v) is 4.10. The van der Waals surface area contributed by atoms with Crippen LogP contribution >= 0.6 is 15.9 Å². The fraction of sp³-hybridized carbons (Fsp3) is 0.571. The number of anilines is 1. The highest BCUT2D eigenvalue weighted by Gasteiger charge is 2.28. The fourth-order valence-electron chi connectivity index (χ4n) is 2.62. The number of nitrogen functional groups attached to an aromatic ring is 1. The van der Waals surface area contributed by atoms with Crippen LogP contribution in [0.4, 0.5) is 5.69 Å². The molecule has 0 bridgehead atoms. The quantitative estimate of drug-likeness (QED) is 0.809. The lowest BCUT2D eigenvalue weighted by Gasteiger charge is -2.33. The second-order valence-electron chi connectivity index (χ2n) is 5.88. The van der Waals surface area contributed by atoms with E-state index in [1.165, 1.54) is 25.3 Å². The number of benzene rings is 1. The first-order chi connectivity index (χ1) is 9.32. The van der Waals surface area contributed by atoms with E-state index >= 15 is 0 Å². The minimum absolute atomic E-state index is 0.0756. The molecular weight excluding hydrogens is 340 g/mol. The average molecular weight is 361 g/mol. The first-order valence-corrected chi connectivity index (χ1v) is 9.15. The van der Waals surface area contributed by atoms with Crippen molar-refractivity contribution >= 4 is 31.6 Å². The van der Waals surface area contributed by atoms with Gasteiger partial charge in [0.25, 0.3) is 0 Å². The van der Waals surface area contributed by atoms with Crippen molar-refractivity contribution in [2.45, 2.75) is 43.9 Å². The zero-order valence-electron chi connectivity index (χ0n) is 11.7. The van der Waals surface area contributed by atoms with Crippen LogP contribution < -0.4 is 10.5 Å². The lowest BCUT2D eigenvalue weighted by molar-refractivity contribution is 0.219. The van der Waals surface area contributed by atoms with Crippen molar-refractivity contribution in [3.8, 4) is 0 Å². The topological polar surface area (TPSA) is 72.2 Å². The first-order valence-electron chi connectivity index (χ1n) is 6.87. The minimum atomic E-state index is -3.49. The Kier molecular flexibility index (Phi) is 4.76. The maximum Gasteiger partial charge on any atom is 0.240 e. The highest BCUT2D eigenvalue weighted by molar-refractivity contribution is 9.10. The molecule has 0 radical (unpaired) electrons. The molecule has 1 aliphatic rings. The van der Waals surface area contributed by atoms with Gasteiger partial charge in [-0.1, -0.05) is 26.2 Å². The van der Waals surface area contributed by atoms with Gasteiger partial charge < -0.3 is 5.73 Å². The number of halogens is 1. The predicted molar refractivity (Wildman–Crippen MR) is 84.9 cm³/mol. The predicted octanol–water partition coefficient (Wildman–Crippen LogP) is 3.28. The summed E-state index contributed by atoms with van der Waals surface area (Å²) in [7, 11) is -3.49. The number of nitrogens with one attached hydrogen (secondary N) is 1. The van der Waals surface area contributed by atoms with Gasteiger partial charge in [0.05, 0.1) is 4.90 Å². The summed E-state index contributed by atoms with van der Waals surface area (Å²) < 4.78 is 28.0. The van der Waals surface area contributed by atoms with E-state index in [9.17, 15) is 8.42 Å². The third-order valence-corrected chi connectivity index (χ3v) is 6.15. The van der Waals surface area contributed by atoms with E-state index in [0.717, 1.165) is 12.8 Å². The van der Waals surface area contributed by atoms with Crippen LogP contribution in [-0.2, 0) is 10.0 Å². The van der Waals surface area contributed by atoms with Crippen molar-refractivity contribution in [1.82, 2.24) is 4.72 Å². The van der Waals surface area contributed by atoms with Crippen LogP contribution in [0.3, 0.4) is 0 Å². The molecule has 4 nitrogen and oxygen atoms in total. The molecule has 1 aromatic rings. The third-order valence-electron chi connectivity index (χ3n) is 4.03. The molecule has 0 saturated heterocycles. The Hall–Kier alpha value is -0.590. The molecule has 0 aromatic heterocycles. The number of rotatable bonds is 4. The van der Waals surface area contributed by atoms with E-state index in [4.69, 9.17) is 5.73 Å². The Bertz CT molecular complexity index is 581. The molecule has 6 heteroatoms. The van der Waals surface area contributed by atoms with Crippen LogP contribution in [0.5, 0.6) is 0 Å². The van der Waals surface area contributed by atoms with Gasteiger partial charge in [-0.2, -0.15) is 0 Å². The molecule has 0 amide bonds. The van der Waals surface area contributed by atoms with Crippen molar-refractivity contribution in [2.75, 3.05) is 12.3 Å². The molecule has 1 fully saturated rings. The number of sulfonamides is 1. The van der Waals surface area contributed by atoms with Gasteiger partial charge in [0.1, 0.15) is 0 Å². The highest BCUT2D eigenvalue weighted by Crippen LogP contribution is 2.35. The maximum absolute atomic E-state index is 12.3. The zero-order chi connectivity index (χ0) is 14.8. The molecule has 0 aliphatic heterocycles. The molecule has 112 valence electrons. The highest BCUT2D eigenvalue weighted by atomic mass is 79.9. The summed E-state index contributed by atoms with van der Waals surface area (Å²) in [6.45, 7) is 2.65. The Morgan fingerprint density at radius 2 is 1.95 bits per heavy atom. The van der Waals surface area contributed by atoms with E-state index in [1.807, 2.05) is 0 Å². The Morgan fingerprint density at radius 3 is 2.55 bits per heavy atom. The first kappa shape index (κ1) is 15.8. The molecule has 0 unspecified atom stereocenters. The van der Waals surface area contributed by atoms with Crippen LogP contribution in [0.1, 0.15) is 39.0 Å². The summed E-state index contributed by atoms with van der Waals surface area (Å²) in [5, 5.41) is 0. The Labute approximate surface area is 129 Å². The number of hydrogen-bond acceptors (Lipinski definition) is 3. The van der Waals surface area contributed by atoms with Crippen molar-refractivity contribution in [3.05, 3.63) is 22.7 Å². The average Bonchev–Trinajstić information content (AvgIpc) is 2.41. The lowest BCUT2D eigenvalue weighted by Crippen LogP contribution is -2.37. The number of nitrogens with two attached hydrogens (primary N) is 1. The normalized spacial score (nSPS) is 18.9. The number of hydrogen-bond donors (Lipinski definition) is 2. The second-order valence-corrected chi connectivity index (χ2v) is 8.50. The second kappa shape index (κ2) is 6.03. The Morgan fingerprint density at radius 1 is 1.30 bits per heavy atom. The van der Waals surface area contributed by atoms with Crippen molar-refractivity contribution in [2.24, 2.45) is 5.41 Å². The summed E-state index contributed by atoms with van der Waals surface area (Å²) in [6, 6.07) is 4.70. The van der Waals surface area contributed by atoms with Crippen molar-refractivity contribution in [3.63, 3.8) is 0 Å². The SMILES string of the molecule is CC1(CNS(=O)(=O)c2ccc(Br)c(N)c2)CCCCC1. The van der Waals surface area contributed by atoms with Crippen LogP contribution in [0.15, 0.2) is 27.6 Å². The van der Waals surface area contributed by atoms with Gasteiger partial charge in [-0.25, -0.2) is 13.1 Å². The molecule has 1 aliphatic carbocycles. The zero-order valence-corrected chi connectivity index (χ0v) is 14.1. The molecule has 0 spiro atoms. The third kappa shape index (κ3) is 3.74. The van der Waals surface area contributed by atoms with E-state index in [-0.39, 0.29) is 10.3 Å². The largest absolute Gasteiger partial charge is 0.398 e. The van der Waals surface area contributed by atoms with Gasteiger partial charge in [0.2, 0.25) is 10.0 Å². The van der Waals surface area contributed by atoms with Gasteiger partial charge in [0, 0.05) is 16.7 Å². The van der Waals surface area contributed by atoms with Crippen LogP contribution in [0.2, 0.25) is 0 Å². The molecule has 1 aromatic carbocycles. The van der Waals surface area contributed by atoms with Gasteiger partial charge in [-0.15, -0.1) is 0 Å². The molecule has 2 rings (SSSR count). The summed E-state index contributed by atoms with van der Waals surface area (Å²) in [6.07, 6.45) is 5.79. The van der Waals surface area contributed by atoms with Gasteiger partial charge in [-0.3, -0.25) is 0 Å². The van der Waals surface area contributed by atoms with Gasteiger partial charge in [-0.05, 0) is 52.4 Å². The van der Waals surface area contributed by atoms with Crippen LogP contribution in [-0.4, -0.2) is 15.0 Å². The monoisotopic (exact) mass is 360 g/mol. The summed E-state index contributed by atoms with van der Waals surface area (Å²) >= 11 is 3.27. The summed E-state index contributed by atoms with van der Waals surface area (Å²) in [4.78, 5) is 0.220. The Balaban J connectivity index is 2.09. The van der Waals surface area contributed by atoms with Crippen molar-refractivity contribution in [1.29, 1.82) is 0 Å². The van der Waals surface area contributed by atoms with Gasteiger partial charge in [0.15, 0.2) is 0 Å². The van der Waals surface area contributed by atoms with E-state index in [0.29, 0.717) is 16.7 Å². The molecule has 3 N–H and O–H groups in total. The molecule has 20 heavy (non-hydrogen) atoms.